The van der Waals surface area contributed by atoms with Gasteiger partial charge in [-0.1, -0.05) is 39.8 Å². The summed E-state index contributed by atoms with van der Waals surface area (Å²) in [4.78, 5) is 11.5. The van der Waals surface area contributed by atoms with Crippen molar-refractivity contribution in [3.63, 3.8) is 0 Å². The molecule has 1 heterocycles. The van der Waals surface area contributed by atoms with E-state index in [1.807, 2.05) is 58.9 Å². The minimum absolute atomic E-state index is 0.0730. The van der Waals surface area contributed by atoms with Gasteiger partial charge in [-0.3, -0.25) is 4.79 Å². The van der Waals surface area contributed by atoms with E-state index in [-0.39, 0.29) is 11.4 Å². The predicted octanol–water partition coefficient (Wildman–Crippen LogP) is 4.19. The molecule has 1 aromatic heterocycles. The lowest BCUT2D eigenvalue weighted by atomic mass is 10.2. The van der Waals surface area contributed by atoms with Gasteiger partial charge in [0, 0.05) is 5.39 Å². The zero-order valence-corrected chi connectivity index (χ0v) is 14.9. The molecule has 0 aliphatic heterocycles. The number of carbonyl (C=O) groups is 1. The topological polar surface area (TPSA) is 81.1 Å². The summed E-state index contributed by atoms with van der Waals surface area (Å²) in [6.45, 7) is 9.98. The molecule has 24 heavy (non-hydrogen) atoms. The number of nitrogens with zero attached hydrogens (tertiary/aromatic N) is 2. The lowest BCUT2D eigenvalue weighted by Crippen LogP contribution is -2.12. The second-order valence-electron chi connectivity index (χ2n) is 4.67. The maximum Gasteiger partial charge on any atom is 0.269 e. The Hall–Kier alpha value is -2.82. The van der Waals surface area contributed by atoms with E-state index >= 15 is 0 Å². The third-order valence-electron chi connectivity index (χ3n) is 3.14. The summed E-state index contributed by atoms with van der Waals surface area (Å²) in [7, 11) is 0. The van der Waals surface area contributed by atoms with Crippen LogP contribution < -0.4 is 5.73 Å². The molecular formula is C19H25N3O2. The van der Waals surface area contributed by atoms with E-state index in [1.165, 1.54) is 6.07 Å². The maximum atomic E-state index is 11.5. The van der Waals surface area contributed by atoms with Crippen LogP contribution in [-0.2, 0) is 0 Å². The van der Waals surface area contributed by atoms with Crippen molar-refractivity contribution in [1.82, 2.24) is 9.78 Å². The average molecular weight is 327 g/mol. The van der Waals surface area contributed by atoms with Gasteiger partial charge in [0.15, 0.2) is 5.69 Å². The van der Waals surface area contributed by atoms with Crippen LogP contribution in [0.2, 0.25) is 0 Å². The molecule has 0 aliphatic rings. The molecule has 0 unspecified atom stereocenters. The fourth-order valence-corrected chi connectivity index (χ4v) is 2.24. The number of aryl methyl sites for hydroxylation is 1. The Bertz CT molecular complexity index is 823. The lowest BCUT2D eigenvalue weighted by Gasteiger charge is -2.04. The minimum Gasteiger partial charge on any atom is -0.508 e. The summed E-state index contributed by atoms with van der Waals surface area (Å²) in [5.74, 6) is -0.546. The largest absolute Gasteiger partial charge is 0.508 e. The Balaban J connectivity index is 0.000000671. The van der Waals surface area contributed by atoms with Crippen LogP contribution in [-0.4, -0.2) is 20.8 Å². The summed E-state index contributed by atoms with van der Waals surface area (Å²) in [6.07, 6.45) is 0. The number of nitrogens with two attached hydrogens (primary N) is 1. The number of hydrogen-bond donors (Lipinski definition) is 2. The number of rotatable bonds is 2. The zero-order valence-electron chi connectivity index (χ0n) is 14.9. The van der Waals surface area contributed by atoms with Gasteiger partial charge >= 0.3 is 0 Å². The zero-order chi connectivity index (χ0) is 18.3. The molecule has 5 heteroatoms. The molecule has 0 bridgehead atoms. The van der Waals surface area contributed by atoms with Crippen molar-refractivity contribution in [2.45, 2.75) is 34.6 Å². The summed E-state index contributed by atoms with van der Waals surface area (Å²) >= 11 is 0. The van der Waals surface area contributed by atoms with Gasteiger partial charge in [-0.2, -0.15) is 5.10 Å². The fourth-order valence-electron chi connectivity index (χ4n) is 2.24. The molecule has 0 fully saturated rings. The molecular weight excluding hydrogens is 302 g/mol. The molecule has 0 spiro atoms. The number of amides is 1. The molecule has 0 aliphatic carbocycles. The Labute approximate surface area is 142 Å². The predicted molar refractivity (Wildman–Crippen MR) is 98.7 cm³/mol. The number of aromatic nitrogens is 2. The van der Waals surface area contributed by atoms with E-state index in [4.69, 9.17) is 5.73 Å². The Morgan fingerprint density at radius 1 is 1.08 bits per heavy atom. The van der Waals surface area contributed by atoms with Gasteiger partial charge in [-0.05, 0) is 42.8 Å². The smallest absolute Gasteiger partial charge is 0.269 e. The SMILES string of the molecule is CC.CC.Cc1cccc(-n2nc(C(N)=O)c3cc(O)ccc32)c1. The number of hydrogen-bond acceptors (Lipinski definition) is 3. The molecule has 3 aromatic rings. The van der Waals surface area contributed by atoms with Crippen molar-refractivity contribution in [2.75, 3.05) is 0 Å². The number of primary amides is 1. The van der Waals surface area contributed by atoms with Crippen LogP contribution >= 0.6 is 0 Å². The number of carbonyl (C=O) groups excluding carboxylic acids is 1. The maximum absolute atomic E-state index is 11.5. The molecule has 128 valence electrons. The van der Waals surface area contributed by atoms with Crippen molar-refractivity contribution in [2.24, 2.45) is 5.73 Å². The quantitative estimate of drug-likeness (QED) is 0.740. The fraction of sp³-hybridized carbons (Fsp3) is 0.263. The Kier molecular flexibility index (Phi) is 6.98. The van der Waals surface area contributed by atoms with Gasteiger partial charge in [0.1, 0.15) is 5.75 Å². The molecule has 0 atom stereocenters. The van der Waals surface area contributed by atoms with E-state index in [0.717, 1.165) is 16.8 Å². The van der Waals surface area contributed by atoms with Crippen molar-refractivity contribution in [3.05, 3.63) is 53.7 Å². The highest BCUT2D eigenvalue weighted by molar-refractivity contribution is 6.04. The summed E-state index contributed by atoms with van der Waals surface area (Å²) < 4.78 is 1.65. The molecule has 3 N–H and O–H groups in total. The highest BCUT2D eigenvalue weighted by Gasteiger charge is 2.16. The first-order valence-electron chi connectivity index (χ1n) is 8.15. The number of fused-ring (bicyclic) bond motifs is 1. The summed E-state index contributed by atoms with van der Waals surface area (Å²) in [5.41, 5.74) is 8.16. The third-order valence-corrected chi connectivity index (χ3v) is 3.14. The van der Waals surface area contributed by atoms with Crippen LogP contribution in [0.25, 0.3) is 16.6 Å². The van der Waals surface area contributed by atoms with Crippen LogP contribution in [0.5, 0.6) is 5.75 Å². The van der Waals surface area contributed by atoms with E-state index in [9.17, 15) is 9.90 Å². The van der Waals surface area contributed by atoms with E-state index in [2.05, 4.69) is 5.10 Å². The van der Waals surface area contributed by atoms with Crippen molar-refractivity contribution in [1.29, 1.82) is 0 Å². The lowest BCUT2D eigenvalue weighted by molar-refractivity contribution is 0.0996. The van der Waals surface area contributed by atoms with E-state index in [0.29, 0.717) is 5.39 Å². The summed E-state index contributed by atoms with van der Waals surface area (Å²) in [6, 6.07) is 12.5. The van der Waals surface area contributed by atoms with Gasteiger partial charge < -0.3 is 10.8 Å². The van der Waals surface area contributed by atoms with Crippen LogP contribution in [0.15, 0.2) is 42.5 Å². The normalized spacial score (nSPS) is 9.54. The molecule has 5 nitrogen and oxygen atoms in total. The standard InChI is InChI=1S/C15H13N3O2.2C2H6/c1-9-3-2-4-10(7-9)18-13-6-5-11(19)8-12(13)14(17-18)15(16)20;2*1-2/h2-8,19H,1H3,(H2,16,20);2*1-2H3. The molecule has 0 saturated carbocycles. The van der Waals surface area contributed by atoms with Crippen LogP contribution in [0.1, 0.15) is 43.7 Å². The van der Waals surface area contributed by atoms with E-state index < -0.39 is 5.91 Å². The highest BCUT2D eigenvalue weighted by atomic mass is 16.3. The van der Waals surface area contributed by atoms with Gasteiger partial charge in [-0.25, -0.2) is 4.68 Å². The second kappa shape index (κ2) is 8.72. The van der Waals surface area contributed by atoms with E-state index in [1.54, 1.807) is 16.8 Å². The third kappa shape index (κ3) is 3.93. The van der Waals surface area contributed by atoms with Crippen molar-refractivity contribution in [3.8, 4) is 11.4 Å². The van der Waals surface area contributed by atoms with Crippen molar-refractivity contribution < 1.29 is 9.90 Å². The first-order valence-corrected chi connectivity index (χ1v) is 8.15. The Morgan fingerprint density at radius 2 is 1.75 bits per heavy atom. The van der Waals surface area contributed by atoms with Crippen LogP contribution in [0.4, 0.5) is 0 Å². The molecule has 0 radical (unpaired) electrons. The molecule has 0 saturated heterocycles. The average Bonchev–Trinajstić information content (AvgIpc) is 2.97. The number of phenolic OH excluding ortho intramolecular Hbond substituents is 1. The number of aromatic hydroxyl groups is 1. The van der Waals surface area contributed by atoms with Gasteiger partial charge in [0.25, 0.3) is 5.91 Å². The number of phenols is 1. The monoisotopic (exact) mass is 327 g/mol. The summed E-state index contributed by atoms with van der Waals surface area (Å²) in [5, 5.41) is 14.4. The number of benzene rings is 2. The first-order chi connectivity index (χ1) is 11.6. The van der Waals surface area contributed by atoms with Gasteiger partial charge in [-0.15, -0.1) is 0 Å². The first kappa shape index (κ1) is 19.2. The van der Waals surface area contributed by atoms with Crippen LogP contribution in [0.3, 0.4) is 0 Å². The molecule has 2 aromatic carbocycles. The van der Waals surface area contributed by atoms with Gasteiger partial charge in [0.2, 0.25) is 0 Å². The Morgan fingerprint density at radius 3 is 2.33 bits per heavy atom. The minimum atomic E-state index is -0.619. The molecule has 3 rings (SSSR count). The van der Waals surface area contributed by atoms with Gasteiger partial charge in [0.05, 0.1) is 11.2 Å². The highest BCUT2D eigenvalue weighted by Crippen LogP contribution is 2.25. The second-order valence-corrected chi connectivity index (χ2v) is 4.67. The molecule has 1 amide bonds. The van der Waals surface area contributed by atoms with Crippen LogP contribution in [0, 0.1) is 6.92 Å². The van der Waals surface area contributed by atoms with Crippen molar-refractivity contribution >= 4 is 16.8 Å².